The Balaban J connectivity index is 1.52. The number of carbonyl (C=O) groups excluding carboxylic acids is 3. The van der Waals surface area contributed by atoms with Crippen LogP contribution in [0, 0.1) is 0 Å². The highest BCUT2D eigenvalue weighted by molar-refractivity contribution is 5.95. The predicted molar refractivity (Wildman–Crippen MR) is 118 cm³/mol. The first kappa shape index (κ1) is 22.7. The lowest BCUT2D eigenvalue weighted by Crippen LogP contribution is -2.44. The standard InChI is InChI=1S/C25H30N2O4/c1-2-22(28)19-24(30)31-26-23(29)13-16-27-17-14-25(15-18-27,20-9-5-3-6-10-20)21-11-7-4-8-12-21/h3-12H,2,13-19H2,1H3,(H,26,29). The molecule has 1 heterocycles. The molecule has 0 aliphatic carbocycles. The highest BCUT2D eigenvalue weighted by Gasteiger charge is 2.37. The van der Waals surface area contributed by atoms with Gasteiger partial charge in [0.2, 0.25) is 0 Å². The number of rotatable bonds is 8. The molecule has 0 aromatic heterocycles. The van der Waals surface area contributed by atoms with E-state index in [0.717, 1.165) is 25.9 Å². The lowest BCUT2D eigenvalue weighted by Gasteiger charge is -2.43. The molecule has 0 atom stereocenters. The van der Waals surface area contributed by atoms with Crippen molar-refractivity contribution in [3.8, 4) is 0 Å². The van der Waals surface area contributed by atoms with E-state index in [1.165, 1.54) is 11.1 Å². The van der Waals surface area contributed by atoms with Crippen LogP contribution in [-0.2, 0) is 24.6 Å². The zero-order valence-electron chi connectivity index (χ0n) is 18.0. The molecule has 6 nitrogen and oxygen atoms in total. The fourth-order valence-electron chi connectivity index (χ4n) is 4.16. The predicted octanol–water partition coefficient (Wildman–Crippen LogP) is 3.40. The van der Waals surface area contributed by atoms with Crippen molar-refractivity contribution < 1.29 is 19.2 Å². The molecule has 1 N–H and O–H groups in total. The summed E-state index contributed by atoms with van der Waals surface area (Å²) < 4.78 is 0. The van der Waals surface area contributed by atoms with Gasteiger partial charge < -0.3 is 9.74 Å². The Morgan fingerprint density at radius 3 is 2.00 bits per heavy atom. The number of hydrogen-bond donors (Lipinski definition) is 1. The summed E-state index contributed by atoms with van der Waals surface area (Å²) in [4.78, 5) is 41.7. The Hall–Kier alpha value is -2.99. The minimum absolute atomic E-state index is 0.0252. The molecule has 0 radical (unpaired) electrons. The van der Waals surface area contributed by atoms with E-state index in [1.54, 1.807) is 6.92 Å². The van der Waals surface area contributed by atoms with Crippen molar-refractivity contribution in [1.29, 1.82) is 0 Å². The van der Waals surface area contributed by atoms with Gasteiger partial charge in [0, 0.05) is 24.8 Å². The van der Waals surface area contributed by atoms with Crippen molar-refractivity contribution in [1.82, 2.24) is 10.4 Å². The summed E-state index contributed by atoms with van der Waals surface area (Å²) in [5.41, 5.74) is 4.78. The normalized spacial score (nSPS) is 15.8. The first-order valence-electron chi connectivity index (χ1n) is 10.9. The fourth-order valence-corrected chi connectivity index (χ4v) is 4.16. The number of benzene rings is 2. The Kier molecular flexibility index (Phi) is 7.95. The number of ketones is 1. The Bertz CT molecular complexity index is 833. The minimum Gasteiger partial charge on any atom is -0.340 e. The van der Waals surface area contributed by atoms with Gasteiger partial charge in [-0.1, -0.05) is 67.6 Å². The Labute approximate surface area is 183 Å². The van der Waals surface area contributed by atoms with Crippen molar-refractivity contribution in [2.45, 2.75) is 44.4 Å². The summed E-state index contributed by atoms with van der Waals surface area (Å²) in [6.07, 6.45) is 2.13. The van der Waals surface area contributed by atoms with E-state index in [4.69, 9.17) is 0 Å². The Morgan fingerprint density at radius 2 is 1.48 bits per heavy atom. The van der Waals surface area contributed by atoms with Crippen LogP contribution in [0.15, 0.2) is 60.7 Å². The first-order valence-corrected chi connectivity index (χ1v) is 10.9. The van der Waals surface area contributed by atoms with Crippen LogP contribution < -0.4 is 5.48 Å². The maximum atomic E-state index is 12.0. The fraction of sp³-hybridized carbons (Fsp3) is 0.400. The zero-order valence-corrected chi connectivity index (χ0v) is 18.0. The van der Waals surface area contributed by atoms with E-state index in [-0.39, 0.29) is 36.4 Å². The van der Waals surface area contributed by atoms with E-state index in [1.807, 2.05) is 12.1 Å². The Morgan fingerprint density at radius 1 is 0.935 bits per heavy atom. The molecule has 1 fully saturated rings. The summed E-state index contributed by atoms with van der Waals surface area (Å²) in [5, 5.41) is 0. The average molecular weight is 423 g/mol. The summed E-state index contributed by atoms with van der Waals surface area (Å²) in [7, 11) is 0. The van der Waals surface area contributed by atoms with Crippen LogP contribution in [0.25, 0.3) is 0 Å². The summed E-state index contributed by atoms with van der Waals surface area (Å²) >= 11 is 0. The summed E-state index contributed by atoms with van der Waals surface area (Å²) in [6, 6.07) is 21.3. The van der Waals surface area contributed by atoms with Gasteiger partial charge >= 0.3 is 5.97 Å². The molecular formula is C25H30N2O4. The molecule has 3 rings (SSSR count). The van der Waals surface area contributed by atoms with Crippen molar-refractivity contribution in [3.05, 3.63) is 71.8 Å². The number of piperidine rings is 1. The number of carbonyl (C=O) groups is 3. The van der Waals surface area contributed by atoms with Crippen molar-refractivity contribution >= 4 is 17.7 Å². The smallest absolute Gasteiger partial charge is 0.339 e. The number of hydrogen-bond acceptors (Lipinski definition) is 5. The third-order valence-electron chi connectivity index (χ3n) is 6.03. The molecule has 1 aliphatic heterocycles. The minimum atomic E-state index is -0.728. The van der Waals surface area contributed by atoms with Gasteiger partial charge in [0.25, 0.3) is 5.91 Å². The quantitative estimate of drug-likeness (QED) is 0.521. The second kappa shape index (κ2) is 10.9. The van der Waals surface area contributed by atoms with Gasteiger partial charge in [-0.3, -0.25) is 9.59 Å². The largest absolute Gasteiger partial charge is 0.340 e. The molecule has 2 aromatic rings. The van der Waals surface area contributed by atoms with Crippen LogP contribution in [0.5, 0.6) is 0 Å². The van der Waals surface area contributed by atoms with Crippen molar-refractivity contribution in [3.63, 3.8) is 0 Å². The van der Waals surface area contributed by atoms with Crippen molar-refractivity contribution in [2.24, 2.45) is 0 Å². The van der Waals surface area contributed by atoms with Gasteiger partial charge in [-0.05, 0) is 37.1 Å². The highest BCUT2D eigenvalue weighted by Crippen LogP contribution is 2.41. The van der Waals surface area contributed by atoms with E-state index in [0.29, 0.717) is 6.54 Å². The highest BCUT2D eigenvalue weighted by atomic mass is 16.7. The third kappa shape index (κ3) is 6.01. The van der Waals surface area contributed by atoms with Gasteiger partial charge in [-0.2, -0.15) is 5.48 Å². The molecule has 2 aromatic carbocycles. The van der Waals surface area contributed by atoms with Gasteiger partial charge in [-0.15, -0.1) is 0 Å². The molecule has 31 heavy (non-hydrogen) atoms. The zero-order chi connectivity index (χ0) is 22.1. The first-order chi connectivity index (χ1) is 15.0. The number of likely N-dealkylation sites (tertiary alicyclic amines) is 1. The summed E-state index contributed by atoms with van der Waals surface area (Å²) in [6.45, 7) is 4.03. The number of Topliss-reactive ketones (excluding diaryl/α,β-unsaturated/α-hetero) is 1. The van der Waals surface area contributed by atoms with Crippen LogP contribution in [0.3, 0.4) is 0 Å². The topological polar surface area (TPSA) is 75.7 Å². The number of hydroxylamine groups is 1. The summed E-state index contributed by atoms with van der Waals surface area (Å²) in [5.74, 6) is -1.30. The lowest BCUT2D eigenvalue weighted by molar-refractivity contribution is -0.159. The van der Waals surface area contributed by atoms with E-state index in [2.05, 4.69) is 63.7 Å². The van der Waals surface area contributed by atoms with Crippen molar-refractivity contribution in [2.75, 3.05) is 19.6 Å². The molecule has 0 saturated carbocycles. The number of amides is 1. The van der Waals surface area contributed by atoms with Gasteiger partial charge in [0.05, 0.1) is 0 Å². The van der Waals surface area contributed by atoms with Crippen LogP contribution in [0.1, 0.15) is 50.2 Å². The molecule has 164 valence electrons. The van der Waals surface area contributed by atoms with E-state index in [9.17, 15) is 14.4 Å². The van der Waals surface area contributed by atoms with Crippen LogP contribution >= 0.6 is 0 Å². The molecule has 1 aliphatic rings. The molecular weight excluding hydrogens is 392 g/mol. The van der Waals surface area contributed by atoms with Crippen LogP contribution in [0.2, 0.25) is 0 Å². The molecule has 0 spiro atoms. The molecule has 0 bridgehead atoms. The van der Waals surface area contributed by atoms with Gasteiger partial charge in [0.1, 0.15) is 12.2 Å². The molecule has 1 amide bonds. The number of nitrogens with zero attached hydrogens (tertiary/aromatic N) is 1. The molecule has 0 unspecified atom stereocenters. The SMILES string of the molecule is CCC(=O)CC(=O)ONC(=O)CCN1CCC(c2ccccc2)(c2ccccc2)CC1. The molecule has 6 heteroatoms. The molecule has 1 saturated heterocycles. The average Bonchev–Trinajstić information content (AvgIpc) is 2.82. The van der Waals surface area contributed by atoms with Gasteiger partial charge in [0.15, 0.2) is 0 Å². The lowest BCUT2D eigenvalue weighted by atomic mass is 9.68. The van der Waals surface area contributed by atoms with E-state index >= 15 is 0 Å². The second-order valence-electron chi connectivity index (χ2n) is 7.97. The van der Waals surface area contributed by atoms with Crippen LogP contribution in [-0.4, -0.2) is 42.2 Å². The number of nitrogens with one attached hydrogen (secondary N) is 1. The van der Waals surface area contributed by atoms with E-state index < -0.39 is 5.97 Å². The third-order valence-corrected chi connectivity index (χ3v) is 6.03. The maximum Gasteiger partial charge on any atom is 0.339 e. The van der Waals surface area contributed by atoms with Gasteiger partial charge in [-0.25, -0.2) is 4.79 Å². The van der Waals surface area contributed by atoms with Crippen LogP contribution in [0.4, 0.5) is 0 Å². The monoisotopic (exact) mass is 422 g/mol. The maximum absolute atomic E-state index is 12.0. The second-order valence-corrected chi connectivity index (χ2v) is 7.97.